The maximum atomic E-state index is 12.9. The molecule has 4 aromatic rings. The molecule has 2 aromatic carbocycles. The largest absolute Gasteiger partial charge is 0.339 e. The number of nitrogens with zero attached hydrogens (tertiary/aromatic N) is 4. The van der Waals surface area contributed by atoms with Crippen LogP contribution in [0.1, 0.15) is 62.7 Å². The predicted octanol–water partition coefficient (Wildman–Crippen LogP) is 7.71. The van der Waals surface area contributed by atoms with Gasteiger partial charge in [-0.1, -0.05) is 55.3 Å². The molecule has 6 nitrogen and oxygen atoms in total. The van der Waals surface area contributed by atoms with Crippen molar-refractivity contribution in [2.24, 2.45) is 0 Å². The van der Waals surface area contributed by atoms with Gasteiger partial charge in [0.25, 0.3) is 0 Å². The van der Waals surface area contributed by atoms with Crippen LogP contribution in [-0.2, 0) is 11.2 Å². The maximum Gasteiger partial charge on any atom is 0.234 e. The molecule has 198 valence electrons. The van der Waals surface area contributed by atoms with E-state index in [-0.39, 0.29) is 5.91 Å². The standard InChI is InChI=1S/C30H35N5OS2/c1-22(2)34(24-10-5-3-6-11-24)26-17-15-23(16-18-26)31-29(36)21-38-30-33-32-28(20-27-14-9-19-37-27)35(30)25-12-7-4-8-13-25/h3,5-6,9-11,14-19,22,25H,4,7-8,12-13,20-21H2,1-2H3,(H,31,36). The average molecular weight is 546 g/mol. The molecule has 0 bridgehead atoms. The number of aromatic nitrogens is 3. The van der Waals surface area contributed by atoms with Crippen molar-refractivity contribution in [1.29, 1.82) is 0 Å². The van der Waals surface area contributed by atoms with E-state index >= 15 is 0 Å². The maximum absolute atomic E-state index is 12.9. The van der Waals surface area contributed by atoms with Crippen LogP contribution in [0.15, 0.2) is 77.3 Å². The van der Waals surface area contributed by atoms with Gasteiger partial charge < -0.3 is 14.8 Å². The molecule has 2 aromatic heterocycles. The van der Waals surface area contributed by atoms with Gasteiger partial charge in [-0.05, 0) is 74.5 Å². The summed E-state index contributed by atoms with van der Waals surface area (Å²) in [6.45, 7) is 4.36. The third-order valence-corrected chi connectivity index (χ3v) is 8.72. The summed E-state index contributed by atoms with van der Waals surface area (Å²) in [4.78, 5) is 16.5. The summed E-state index contributed by atoms with van der Waals surface area (Å²) in [7, 11) is 0. The normalized spacial score (nSPS) is 14.1. The Morgan fingerprint density at radius 1 is 1.00 bits per heavy atom. The molecule has 5 rings (SSSR count). The molecule has 0 radical (unpaired) electrons. The van der Waals surface area contributed by atoms with E-state index in [2.05, 4.69) is 92.7 Å². The topological polar surface area (TPSA) is 63.1 Å². The number of carbonyl (C=O) groups excluding carboxylic acids is 1. The number of hydrogen-bond donors (Lipinski definition) is 1. The third kappa shape index (κ3) is 6.48. The molecule has 2 heterocycles. The number of thiophene rings is 1. The van der Waals surface area contributed by atoms with Crippen molar-refractivity contribution < 1.29 is 4.79 Å². The van der Waals surface area contributed by atoms with Gasteiger partial charge in [-0.25, -0.2) is 0 Å². The van der Waals surface area contributed by atoms with Gasteiger partial charge in [0, 0.05) is 40.4 Å². The van der Waals surface area contributed by atoms with E-state index in [0.717, 1.165) is 47.3 Å². The van der Waals surface area contributed by atoms with E-state index in [9.17, 15) is 4.79 Å². The van der Waals surface area contributed by atoms with Gasteiger partial charge in [-0.3, -0.25) is 4.79 Å². The molecular weight excluding hydrogens is 510 g/mol. The molecule has 8 heteroatoms. The number of nitrogens with one attached hydrogen (secondary N) is 1. The number of amides is 1. The lowest BCUT2D eigenvalue weighted by Crippen LogP contribution is -2.25. The molecule has 38 heavy (non-hydrogen) atoms. The first kappa shape index (κ1) is 26.5. The van der Waals surface area contributed by atoms with Crippen LogP contribution in [0.25, 0.3) is 0 Å². The van der Waals surface area contributed by atoms with E-state index in [0.29, 0.717) is 17.8 Å². The highest BCUT2D eigenvalue weighted by Gasteiger charge is 2.24. The SMILES string of the molecule is CC(C)N(c1ccccc1)c1ccc(NC(=O)CSc2nnc(Cc3cccs3)n2C2CCCCC2)cc1. The average Bonchev–Trinajstić information content (AvgIpc) is 3.60. The molecule has 0 aliphatic heterocycles. The summed E-state index contributed by atoms with van der Waals surface area (Å²) in [6, 6.07) is 23.4. The lowest BCUT2D eigenvalue weighted by molar-refractivity contribution is -0.113. The fourth-order valence-corrected chi connectivity index (χ4v) is 6.69. The highest BCUT2D eigenvalue weighted by molar-refractivity contribution is 7.99. The molecular formula is C30H35N5OS2. The second-order valence-electron chi connectivity index (χ2n) is 10.00. The van der Waals surface area contributed by atoms with Crippen LogP contribution in [0.2, 0.25) is 0 Å². The summed E-state index contributed by atoms with van der Waals surface area (Å²) in [5.41, 5.74) is 3.04. The van der Waals surface area contributed by atoms with Gasteiger partial charge in [0.1, 0.15) is 5.82 Å². The number of benzene rings is 2. The van der Waals surface area contributed by atoms with Crippen molar-refractivity contribution in [3.8, 4) is 0 Å². The number of thioether (sulfide) groups is 1. The third-order valence-electron chi connectivity index (χ3n) is 6.90. The van der Waals surface area contributed by atoms with Crippen LogP contribution in [0.5, 0.6) is 0 Å². The van der Waals surface area contributed by atoms with Gasteiger partial charge in [0.2, 0.25) is 5.91 Å². The summed E-state index contributed by atoms with van der Waals surface area (Å²) in [6.07, 6.45) is 6.86. The molecule has 0 spiro atoms. The zero-order valence-electron chi connectivity index (χ0n) is 22.0. The van der Waals surface area contributed by atoms with Crippen LogP contribution in [0, 0.1) is 0 Å². The van der Waals surface area contributed by atoms with Gasteiger partial charge in [-0.15, -0.1) is 21.5 Å². The minimum Gasteiger partial charge on any atom is -0.339 e. The fraction of sp³-hybridized carbons (Fsp3) is 0.367. The van der Waals surface area contributed by atoms with Gasteiger partial charge in [0.05, 0.1) is 5.75 Å². The van der Waals surface area contributed by atoms with Crippen LogP contribution in [0.3, 0.4) is 0 Å². The number of hydrogen-bond acceptors (Lipinski definition) is 6. The zero-order valence-corrected chi connectivity index (χ0v) is 23.7. The van der Waals surface area contributed by atoms with Crippen LogP contribution in [-0.4, -0.2) is 32.5 Å². The molecule has 1 saturated carbocycles. The van der Waals surface area contributed by atoms with Crippen molar-refractivity contribution in [2.75, 3.05) is 16.0 Å². The summed E-state index contributed by atoms with van der Waals surface area (Å²) >= 11 is 3.23. The van der Waals surface area contributed by atoms with Crippen molar-refractivity contribution in [3.63, 3.8) is 0 Å². The Balaban J connectivity index is 1.24. The molecule has 1 aliphatic carbocycles. The molecule has 1 N–H and O–H groups in total. The van der Waals surface area contributed by atoms with E-state index in [1.165, 1.54) is 35.9 Å². The number of anilines is 3. The van der Waals surface area contributed by atoms with Gasteiger partial charge >= 0.3 is 0 Å². The lowest BCUT2D eigenvalue weighted by Gasteiger charge is -2.29. The Morgan fingerprint density at radius 2 is 1.74 bits per heavy atom. The quantitative estimate of drug-likeness (QED) is 0.207. The smallest absolute Gasteiger partial charge is 0.234 e. The highest BCUT2D eigenvalue weighted by Crippen LogP contribution is 2.34. The van der Waals surface area contributed by atoms with Crippen molar-refractivity contribution in [1.82, 2.24) is 14.8 Å². The van der Waals surface area contributed by atoms with Crippen LogP contribution >= 0.6 is 23.1 Å². The highest BCUT2D eigenvalue weighted by atomic mass is 32.2. The Hall–Kier alpha value is -3.10. The second-order valence-corrected chi connectivity index (χ2v) is 12.0. The Kier molecular flexibility index (Phi) is 8.81. The predicted molar refractivity (Wildman–Crippen MR) is 159 cm³/mol. The molecule has 1 amide bonds. The van der Waals surface area contributed by atoms with Crippen molar-refractivity contribution in [3.05, 3.63) is 82.8 Å². The van der Waals surface area contributed by atoms with Crippen molar-refractivity contribution >= 4 is 46.1 Å². The van der Waals surface area contributed by atoms with Crippen LogP contribution in [0.4, 0.5) is 17.1 Å². The number of carbonyl (C=O) groups is 1. The molecule has 1 aliphatic rings. The molecule has 1 fully saturated rings. The molecule has 0 atom stereocenters. The minimum absolute atomic E-state index is 0.0375. The second kappa shape index (κ2) is 12.6. The van der Waals surface area contributed by atoms with E-state index in [1.807, 2.05) is 18.2 Å². The fourth-order valence-electron chi connectivity index (χ4n) is 5.17. The Bertz CT molecular complexity index is 1300. The monoisotopic (exact) mass is 545 g/mol. The minimum atomic E-state index is -0.0375. The Labute approximate surface area is 233 Å². The van der Waals surface area contributed by atoms with Crippen molar-refractivity contribution in [2.45, 2.75) is 69.6 Å². The van der Waals surface area contributed by atoms with E-state index in [4.69, 9.17) is 0 Å². The molecule has 0 unspecified atom stereocenters. The summed E-state index contributed by atoms with van der Waals surface area (Å²) in [5.74, 6) is 1.27. The number of para-hydroxylation sites is 1. The first-order valence-electron chi connectivity index (χ1n) is 13.4. The number of rotatable bonds is 10. The zero-order chi connectivity index (χ0) is 26.3. The Morgan fingerprint density at radius 3 is 2.42 bits per heavy atom. The van der Waals surface area contributed by atoms with Gasteiger partial charge in [0.15, 0.2) is 5.16 Å². The summed E-state index contributed by atoms with van der Waals surface area (Å²) in [5, 5.41) is 15.1. The lowest BCUT2D eigenvalue weighted by atomic mass is 9.95. The first-order valence-corrected chi connectivity index (χ1v) is 15.3. The van der Waals surface area contributed by atoms with Crippen LogP contribution < -0.4 is 10.2 Å². The van der Waals surface area contributed by atoms with Gasteiger partial charge in [-0.2, -0.15) is 0 Å². The summed E-state index contributed by atoms with van der Waals surface area (Å²) < 4.78 is 2.32. The molecule has 0 saturated heterocycles. The van der Waals surface area contributed by atoms with E-state index < -0.39 is 0 Å². The van der Waals surface area contributed by atoms with E-state index in [1.54, 1.807) is 11.3 Å². The first-order chi connectivity index (χ1) is 18.6.